The zero-order valence-electron chi connectivity index (χ0n) is 10.8. The van der Waals surface area contributed by atoms with E-state index in [1.54, 1.807) is 0 Å². The van der Waals surface area contributed by atoms with Crippen molar-refractivity contribution in [3.8, 4) is 11.5 Å². The van der Waals surface area contributed by atoms with Crippen molar-refractivity contribution in [1.29, 1.82) is 0 Å². The van der Waals surface area contributed by atoms with Gasteiger partial charge in [-0.2, -0.15) is 0 Å². The number of nitro groups is 1. The molecule has 0 amide bonds. The van der Waals surface area contributed by atoms with Gasteiger partial charge in [0.25, 0.3) is 11.6 Å². The highest BCUT2D eigenvalue weighted by Crippen LogP contribution is 2.29. The molecule has 0 atom stereocenters. The molecule has 0 saturated carbocycles. The molecule has 0 bridgehead atoms. The second-order valence-corrected chi connectivity index (χ2v) is 4.10. The predicted molar refractivity (Wildman–Crippen MR) is 68.3 cm³/mol. The molecule has 106 valence electrons. The summed E-state index contributed by atoms with van der Waals surface area (Å²) in [6.45, 7) is 3.17. The molecule has 1 aromatic carbocycles. The summed E-state index contributed by atoms with van der Waals surface area (Å²) in [5, 5.41) is 21.5. The van der Waals surface area contributed by atoms with Crippen LogP contribution in [-0.2, 0) is 6.54 Å². The number of nitro benzene ring substituents is 1. The van der Waals surface area contributed by atoms with E-state index in [9.17, 15) is 14.5 Å². The number of rotatable bonds is 6. The highest BCUT2D eigenvalue weighted by Gasteiger charge is 2.21. The van der Waals surface area contributed by atoms with E-state index < -0.39 is 10.7 Å². The molecule has 0 fully saturated rings. The van der Waals surface area contributed by atoms with Crippen molar-refractivity contribution in [3.05, 3.63) is 40.0 Å². The molecule has 8 heteroatoms. The first-order valence-corrected chi connectivity index (χ1v) is 6.09. The van der Waals surface area contributed by atoms with Crippen LogP contribution in [0.2, 0.25) is 0 Å². The van der Waals surface area contributed by atoms with Crippen LogP contribution in [-0.4, -0.2) is 21.7 Å². The number of benzene rings is 1. The molecule has 7 nitrogen and oxygen atoms in total. The van der Waals surface area contributed by atoms with Crippen LogP contribution >= 0.6 is 0 Å². The van der Waals surface area contributed by atoms with E-state index in [0.29, 0.717) is 12.4 Å². The Labute approximate surface area is 114 Å². The first-order chi connectivity index (χ1) is 9.61. The minimum atomic E-state index is -0.617. The van der Waals surface area contributed by atoms with E-state index in [2.05, 4.69) is 15.5 Å². The average Bonchev–Trinajstić information content (AvgIpc) is 2.87. The highest BCUT2D eigenvalue weighted by molar-refractivity contribution is 5.66. The molecule has 0 aliphatic heterocycles. The van der Waals surface area contributed by atoms with Crippen LogP contribution in [0.15, 0.2) is 22.6 Å². The molecule has 0 spiro atoms. The first kappa shape index (κ1) is 14.1. The maximum absolute atomic E-state index is 13.2. The molecule has 0 aliphatic rings. The fourth-order valence-corrected chi connectivity index (χ4v) is 1.64. The highest BCUT2D eigenvalue weighted by atomic mass is 19.1. The van der Waals surface area contributed by atoms with Crippen molar-refractivity contribution in [2.75, 3.05) is 6.54 Å². The lowest BCUT2D eigenvalue weighted by Gasteiger charge is -1.99. The second-order valence-electron chi connectivity index (χ2n) is 4.10. The Kier molecular flexibility index (Phi) is 4.36. The Morgan fingerprint density at radius 3 is 2.95 bits per heavy atom. The van der Waals surface area contributed by atoms with Crippen LogP contribution in [0.3, 0.4) is 0 Å². The van der Waals surface area contributed by atoms with Gasteiger partial charge in [-0.05, 0) is 25.1 Å². The van der Waals surface area contributed by atoms with Gasteiger partial charge >= 0.3 is 0 Å². The minimum absolute atomic E-state index is 0.0239. The Hall–Kier alpha value is -2.35. The van der Waals surface area contributed by atoms with Crippen LogP contribution < -0.4 is 5.32 Å². The van der Waals surface area contributed by atoms with Gasteiger partial charge in [0.1, 0.15) is 11.4 Å². The molecule has 0 aliphatic carbocycles. The molecular formula is C12H13FN4O3. The summed E-state index contributed by atoms with van der Waals surface area (Å²) in [4.78, 5) is 10.3. The van der Waals surface area contributed by atoms with Crippen molar-refractivity contribution in [1.82, 2.24) is 15.5 Å². The van der Waals surface area contributed by atoms with Gasteiger partial charge in [0, 0.05) is 6.07 Å². The Morgan fingerprint density at radius 1 is 1.45 bits per heavy atom. The monoisotopic (exact) mass is 280 g/mol. The van der Waals surface area contributed by atoms with E-state index in [0.717, 1.165) is 31.2 Å². The van der Waals surface area contributed by atoms with Crippen LogP contribution in [0, 0.1) is 15.9 Å². The van der Waals surface area contributed by atoms with E-state index in [1.165, 1.54) is 0 Å². The Morgan fingerprint density at radius 2 is 2.25 bits per heavy atom. The summed E-state index contributed by atoms with van der Waals surface area (Å²) in [7, 11) is 0. The normalized spacial score (nSPS) is 10.7. The maximum Gasteiger partial charge on any atom is 0.282 e. The van der Waals surface area contributed by atoms with E-state index in [4.69, 9.17) is 4.42 Å². The van der Waals surface area contributed by atoms with Gasteiger partial charge in [0.2, 0.25) is 5.89 Å². The molecule has 0 radical (unpaired) electrons. The van der Waals surface area contributed by atoms with Gasteiger partial charge in [-0.25, -0.2) is 4.39 Å². The van der Waals surface area contributed by atoms with Crippen LogP contribution in [0.5, 0.6) is 0 Å². The number of halogens is 1. The summed E-state index contributed by atoms with van der Waals surface area (Å²) in [6.07, 6.45) is 0.955. The lowest BCUT2D eigenvalue weighted by molar-refractivity contribution is -0.384. The third kappa shape index (κ3) is 3.15. The van der Waals surface area contributed by atoms with Crippen LogP contribution in [0.25, 0.3) is 11.5 Å². The molecule has 2 rings (SSSR count). The summed E-state index contributed by atoms with van der Waals surface area (Å²) in [5.41, 5.74) is -0.299. The van der Waals surface area contributed by atoms with Gasteiger partial charge in [-0.3, -0.25) is 10.1 Å². The van der Waals surface area contributed by atoms with Gasteiger partial charge in [-0.1, -0.05) is 6.92 Å². The molecule has 0 saturated heterocycles. The van der Waals surface area contributed by atoms with Gasteiger partial charge in [0.15, 0.2) is 0 Å². The quantitative estimate of drug-likeness (QED) is 0.495. The van der Waals surface area contributed by atoms with Gasteiger partial charge in [-0.15, -0.1) is 10.2 Å². The zero-order valence-corrected chi connectivity index (χ0v) is 10.8. The smallest absolute Gasteiger partial charge is 0.282 e. The van der Waals surface area contributed by atoms with Crippen LogP contribution in [0.4, 0.5) is 10.1 Å². The first-order valence-electron chi connectivity index (χ1n) is 6.09. The molecular weight excluding hydrogens is 267 g/mol. The van der Waals surface area contributed by atoms with Crippen molar-refractivity contribution in [2.24, 2.45) is 0 Å². The topological polar surface area (TPSA) is 94.1 Å². The standard InChI is InChI=1S/C12H13FN4O3/c1-2-5-14-7-11-15-16-12(20-11)9-6-8(13)3-4-10(9)17(18)19/h3-4,6,14H,2,5,7H2,1H3. The molecule has 1 aromatic heterocycles. The predicted octanol–water partition coefficient (Wildman–Crippen LogP) is 2.28. The molecule has 0 unspecified atom stereocenters. The van der Waals surface area contributed by atoms with E-state index in [1.807, 2.05) is 6.92 Å². The summed E-state index contributed by atoms with van der Waals surface area (Å²) in [6, 6.07) is 3.10. The van der Waals surface area contributed by atoms with Crippen molar-refractivity contribution in [2.45, 2.75) is 19.9 Å². The Balaban J connectivity index is 2.27. The van der Waals surface area contributed by atoms with Crippen molar-refractivity contribution < 1.29 is 13.7 Å². The van der Waals surface area contributed by atoms with E-state index in [-0.39, 0.29) is 17.1 Å². The second kappa shape index (κ2) is 6.20. The fourth-order valence-electron chi connectivity index (χ4n) is 1.64. The molecule has 1 heterocycles. The molecule has 2 aromatic rings. The number of nitrogens with zero attached hydrogens (tertiary/aromatic N) is 3. The summed E-state index contributed by atoms with van der Waals surface area (Å²) < 4.78 is 18.5. The van der Waals surface area contributed by atoms with E-state index >= 15 is 0 Å². The van der Waals surface area contributed by atoms with Gasteiger partial charge < -0.3 is 9.73 Å². The number of hydrogen-bond donors (Lipinski definition) is 1. The number of aromatic nitrogens is 2. The SMILES string of the molecule is CCCNCc1nnc(-c2cc(F)ccc2[N+](=O)[O-])o1. The number of hydrogen-bond acceptors (Lipinski definition) is 6. The lowest BCUT2D eigenvalue weighted by Crippen LogP contribution is -2.13. The molecule has 20 heavy (non-hydrogen) atoms. The van der Waals surface area contributed by atoms with Gasteiger partial charge in [0.05, 0.1) is 11.5 Å². The third-order valence-corrected chi connectivity index (χ3v) is 2.56. The lowest BCUT2D eigenvalue weighted by atomic mass is 10.2. The third-order valence-electron chi connectivity index (χ3n) is 2.56. The maximum atomic E-state index is 13.2. The largest absolute Gasteiger partial charge is 0.419 e. The zero-order chi connectivity index (χ0) is 14.5. The number of nitrogens with one attached hydrogen (secondary N) is 1. The minimum Gasteiger partial charge on any atom is -0.419 e. The summed E-state index contributed by atoms with van der Waals surface area (Å²) >= 11 is 0. The average molecular weight is 280 g/mol. The van der Waals surface area contributed by atoms with Crippen LogP contribution in [0.1, 0.15) is 19.2 Å². The molecule has 1 N–H and O–H groups in total. The van der Waals surface area contributed by atoms with Crippen molar-refractivity contribution >= 4 is 5.69 Å². The summed E-state index contributed by atoms with van der Waals surface area (Å²) in [5.74, 6) is -0.369. The fraction of sp³-hybridized carbons (Fsp3) is 0.333. The Bertz CT molecular complexity index is 614. The van der Waals surface area contributed by atoms with Crippen molar-refractivity contribution in [3.63, 3.8) is 0 Å².